The Morgan fingerprint density at radius 2 is 1.87 bits per heavy atom. The van der Waals surface area contributed by atoms with E-state index in [1.165, 1.54) is 26.0 Å². The Hall–Kier alpha value is -2.72. The van der Waals surface area contributed by atoms with E-state index in [9.17, 15) is 13.2 Å². The maximum absolute atomic E-state index is 12.7. The molecule has 158 valence electrons. The molecule has 1 aliphatic heterocycles. The van der Waals surface area contributed by atoms with Crippen molar-refractivity contribution in [2.75, 3.05) is 11.8 Å². The van der Waals surface area contributed by atoms with Crippen LogP contribution in [0.5, 0.6) is 0 Å². The molecule has 0 spiro atoms. The molecule has 3 heterocycles. The number of nitrogens with zero attached hydrogens (tertiary/aromatic N) is 3. The highest BCUT2D eigenvalue weighted by Crippen LogP contribution is 2.27. The van der Waals surface area contributed by atoms with Crippen molar-refractivity contribution >= 4 is 33.0 Å². The first-order chi connectivity index (χ1) is 14.5. The number of nitrogens with one attached hydrogen (secondary N) is 1. The number of hydrogen-bond donors (Lipinski definition) is 1. The van der Waals surface area contributed by atoms with Crippen LogP contribution >= 0.6 is 11.3 Å². The van der Waals surface area contributed by atoms with Crippen LogP contribution < -0.4 is 4.72 Å². The molecule has 0 unspecified atom stereocenters. The van der Waals surface area contributed by atoms with Gasteiger partial charge in [0.05, 0.1) is 7.11 Å². The second-order valence-corrected chi connectivity index (χ2v) is 9.61. The van der Waals surface area contributed by atoms with Crippen LogP contribution in [0.4, 0.5) is 5.69 Å². The summed E-state index contributed by atoms with van der Waals surface area (Å²) in [5, 5.41) is 10.2. The van der Waals surface area contributed by atoms with E-state index < -0.39 is 16.0 Å². The normalized spacial score (nSPS) is 14.4. The van der Waals surface area contributed by atoms with Crippen molar-refractivity contribution in [1.29, 1.82) is 0 Å². The van der Waals surface area contributed by atoms with Crippen molar-refractivity contribution in [3.8, 4) is 11.4 Å². The van der Waals surface area contributed by atoms with Gasteiger partial charge in [0, 0.05) is 24.2 Å². The van der Waals surface area contributed by atoms with Crippen LogP contribution in [0, 0.1) is 0 Å². The quantitative estimate of drug-likeness (QED) is 0.599. The number of benzene rings is 1. The first-order valence-corrected chi connectivity index (χ1v) is 12.1. The summed E-state index contributed by atoms with van der Waals surface area (Å²) in [5.74, 6) is 1.12. The van der Waals surface area contributed by atoms with Gasteiger partial charge < -0.3 is 9.30 Å². The Balaban J connectivity index is 1.56. The number of aryl methyl sites for hydroxylation is 1. The van der Waals surface area contributed by atoms with Crippen LogP contribution in [-0.4, -0.2) is 36.3 Å². The van der Waals surface area contributed by atoms with Crippen molar-refractivity contribution in [3.05, 3.63) is 46.4 Å². The molecule has 4 rings (SSSR count). The third-order valence-electron chi connectivity index (χ3n) is 5.04. The Labute approximate surface area is 179 Å². The number of esters is 1. The van der Waals surface area contributed by atoms with E-state index in [4.69, 9.17) is 0 Å². The van der Waals surface area contributed by atoms with E-state index in [1.54, 1.807) is 17.5 Å². The lowest BCUT2D eigenvalue weighted by atomic mass is 10.1. The lowest BCUT2D eigenvalue weighted by Crippen LogP contribution is -2.15. The molecule has 0 fully saturated rings. The number of methoxy groups -OCH3 is 1. The van der Waals surface area contributed by atoms with E-state index in [0.29, 0.717) is 5.69 Å². The Kier molecular flexibility index (Phi) is 5.87. The maximum Gasteiger partial charge on any atom is 0.349 e. The third kappa shape index (κ3) is 4.10. The van der Waals surface area contributed by atoms with E-state index in [-0.39, 0.29) is 9.77 Å². The number of hydrogen-bond acceptors (Lipinski definition) is 7. The second kappa shape index (κ2) is 8.57. The highest BCUT2D eigenvalue weighted by molar-refractivity contribution is 7.93. The van der Waals surface area contributed by atoms with Gasteiger partial charge in [0.15, 0.2) is 5.82 Å². The standard InChI is InChI=1S/C20H22N4O4S2/c1-28-20(25)18-16(11-13-29-18)30(26,27)23-15-9-7-14(8-10-15)19-22-21-17-6-4-2-3-5-12-24(17)19/h7-11,13,23H,2-6,12H2,1H3. The van der Waals surface area contributed by atoms with Gasteiger partial charge in [0.25, 0.3) is 10.0 Å². The van der Waals surface area contributed by atoms with Crippen molar-refractivity contribution < 1.29 is 17.9 Å². The lowest BCUT2D eigenvalue weighted by Gasteiger charge is -2.14. The predicted octanol–water partition coefficient (Wildman–Crippen LogP) is 3.71. The molecule has 1 aliphatic rings. The van der Waals surface area contributed by atoms with E-state index in [1.807, 2.05) is 12.1 Å². The first-order valence-electron chi connectivity index (χ1n) is 9.71. The van der Waals surface area contributed by atoms with Crippen LogP contribution in [0.3, 0.4) is 0 Å². The molecule has 0 atom stereocenters. The largest absolute Gasteiger partial charge is 0.465 e. The molecule has 3 aromatic rings. The number of thiophene rings is 1. The zero-order valence-corrected chi connectivity index (χ0v) is 18.1. The molecular weight excluding hydrogens is 424 g/mol. The molecule has 0 bridgehead atoms. The molecule has 8 nitrogen and oxygen atoms in total. The molecule has 0 saturated carbocycles. The summed E-state index contributed by atoms with van der Waals surface area (Å²) in [7, 11) is -2.70. The number of ether oxygens (including phenoxy) is 1. The van der Waals surface area contributed by atoms with Gasteiger partial charge >= 0.3 is 5.97 Å². The summed E-state index contributed by atoms with van der Waals surface area (Å²) in [6.45, 7) is 0.889. The van der Waals surface area contributed by atoms with Gasteiger partial charge in [-0.1, -0.05) is 12.8 Å². The molecule has 1 aromatic carbocycles. The summed E-state index contributed by atoms with van der Waals surface area (Å²) >= 11 is 1.02. The highest BCUT2D eigenvalue weighted by atomic mass is 32.2. The van der Waals surface area contributed by atoms with Crippen LogP contribution in [-0.2, 0) is 27.7 Å². The fourth-order valence-corrected chi connectivity index (χ4v) is 5.92. The van der Waals surface area contributed by atoms with Gasteiger partial charge in [-0.3, -0.25) is 4.72 Å². The Bertz CT molecular complexity index is 1150. The Morgan fingerprint density at radius 1 is 1.10 bits per heavy atom. The smallest absolute Gasteiger partial charge is 0.349 e. The average Bonchev–Trinajstić information content (AvgIpc) is 3.35. The average molecular weight is 447 g/mol. The lowest BCUT2D eigenvalue weighted by molar-refractivity contribution is 0.0602. The van der Waals surface area contributed by atoms with Gasteiger partial charge in [0.1, 0.15) is 15.6 Å². The summed E-state index contributed by atoms with van der Waals surface area (Å²) in [5.41, 5.74) is 1.27. The monoisotopic (exact) mass is 446 g/mol. The van der Waals surface area contributed by atoms with Crippen LogP contribution in [0.2, 0.25) is 0 Å². The zero-order valence-electron chi connectivity index (χ0n) is 16.5. The molecule has 0 radical (unpaired) electrons. The zero-order chi connectivity index (χ0) is 21.1. The number of fused-ring (bicyclic) bond motifs is 1. The number of anilines is 1. The van der Waals surface area contributed by atoms with E-state index in [2.05, 4.69) is 24.2 Å². The summed E-state index contributed by atoms with van der Waals surface area (Å²) < 4.78 is 34.8. The predicted molar refractivity (Wildman–Crippen MR) is 114 cm³/mol. The van der Waals surface area contributed by atoms with Gasteiger partial charge in [-0.25, -0.2) is 13.2 Å². The molecule has 0 amide bonds. The number of carbonyl (C=O) groups excluding carboxylic acids is 1. The summed E-state index contributed by atoms with van der Waals surface area (Å²) in [6.07, 6.45) is 5.56. The second-order valence-electron chi connectivity index (χ2n) is 7.04. The van der Waals surface area contributed by atoms with Gasteiger partial charge in [-0.05, 0) is 48.6 Å². The van der Waals surface area contributed by atoms with Crippen LogP contribution in [0.25, 0.3) is 11.4 Å². The molecule has 0 aliphatic carbocycles. The number of carbonyl (C=O) groups is 1. The van der Waals surface area contributed by atoms with E-state index in [0.717, 1.165) is 54.4 Å². The van der Waals surface area contributed by atoms with Crippen molar-refractivity contribution in [2.24, 2.45) is 0 Å². The Morgan fingerprint density at radius 3 is 2.63 bits per heavy atom. The molecule has 0 saturated heterocycles. The molecule has 1 N–H and O–H groups in total. The van der Waals surface area contributed by atoms with Crippen LogP contribution in [0.15, 0.2) is 40.6 Å². The number of sulfonamides is 1. The van der Waals surface area contributed by atoms with E-state index >= 15 is 0 Å². The molecule has 10 heteroatoms. The van der Waals surface area contributed by atoms with Crippen molar-refractivity contribution in [2.45, 2.75) is 43.5 Å². The first kappa shape index (κ1) is 20.5. The fraction of sp³-hybridized carbons (Fsp3) is 0.350. The SMILES string of the molecule is COC(=O)c1sccc1S(=O)(=O)Nc1ccc(-c2nnc3n2CCCCCC3)cc1. The highest BCUT2D eigenvalue weighted by Gasteiger charge is 2.25. The summed E-state index contributed by atoms with van der Waals surface area (Å²) in [4.78, 5) is 11.8. The molecule has 2 aromatic heterocycles. The van der Waals surface area contributed by atoms with Crippen LogP contribution in [0.1, 0.15) is 41.2 Å². The minimum absolute atomic E-state index is 0.0451. The number of aromatic nitrogens is 3. The third-order valence-corrected chi connectivity index (χ3v) is 7.49. The van der Waals surface area contributed by atoms with Crippen molar-refractivity contribution in [1.82, 2.24) is 14.8 Å². The number of rotatable bonds is 5. The topological polar surface area (TPSA) is 103 Å². The minimum Gasteiger partial charge on any atom is -0.465 e. The molecular formula is C20H22N4O4S2. The van der Waals surface area contributed by atoms with Crippen molar-refractivity contribution in [3.63, 3.8) is 0 Å². The van der Waals surface area contributed by atoms with Gasteiger partial charge in [0.2, 0.25) is 0 Å². The fourth-order valence-electron chi connectivity index (χ4n) is 3.52. The molecule has 30 heavy (non-hydrogen) atoms. The summed E-state index contributed by atoms with van der Waals surface area (Å²) in [6, 6.07) is 8.40. The minimum atomic E-state index is -3.92. The maximum atomic E-state index is 12.7. The van der Waals surface area contributed by atoms with Gasteiger partial charge in [-0.2, -0.15) is 0 Å². The van der Waals surface area contributed by atoms with Gasteiger partial charge in [-0.15, -0.1) is 21.5 Å².